The Morgan fingerprint density at radius 1 is 1.50 bits per heavy atom. The van der Waals surface area contributed by atoms with Gasteiger partial charge in [0.05, 0.1) is 18.2 Å². The monoisotopic (exact) mass is 258 g/mol. The van der Waals surface area contributed by atoms with Crippen LogP contribution in [0.3, 0.4) is 0 Å². The lowest BCUT2D eigenvalue weighted by Gasteiger charge is -2.57. The lowest BCUT2D eigenvalue weighted by molar-refractivity contribution is -0.238. The molecular formula is C13H26N2O3. The fourth-order valence-corrected chi connectivity index (χ4v) is 2.35. The first-order valence-corrected chi connectivity index (χ1v) is 6.48. The van der Waals surface area contributed by atoms with Gasteiger partial charge in [-0.3, -0.25) is 4.79 Å². The number of rotatable bonds is 6. The van der Waals surface area contributed by atoms with E-state index in [0.717, 1.165) is 0 Å². The van der Waals surface area contributed by atoms with E-state index in [0.29, 0.717) is 19.6 Å². The summed E-state index contributed by atoms with van der Waals surface area (Å²) in [6.07, 6.45) is 0.647. The van der Waals surface area contributed by atoms with Crippen molar-refractivity contribution in [1.82, 2.24) is 10.2 Å². The van der Waals surface area contributed by atoms with Gasteiger partial charge in [-0.2, -0.15) is 0 Å². The molecule has 5 heteroatoms. The third-order valence-electron chi connectivity index (χ3n) is 3.93. The highest BCUT2D eigenvalue weighted by Crippen LogP contribution is 2.50. The van der Waals surface area contributed by atoms with Crippen molar-refractivity contribution >= 4 is 5.91 Å². The maximum atomic E-state index is 11.6. The molecule has 1 amide bonds. The van der Waals surface area contributed by atoms with E-state index in [-0.39, 0.29) is 24.0 Å². The quantitative estimate of drug-likeness (QED) is 0.716. The van der Waals surface area contributed by atoms with Gasteiger partial charge in [-0.1, -0.05) is 13.8 Å². The Morgan fingerprint density at radius 2 is 2.11 bits per heavy atom. The molecule has 106 valence electrons. The molecule has 0 bridgehead atoms. The summed E-state index contributed by atoms with van der Waals surface area (Å²) in [4.78, 5) is 13.4. The minimum absolute atomic E-state index is 0.0657. The first-order chi connectivity index (χ1) is 8.23. The molecule has 1 rings (SSSR count). The van der Waals surface area contributed by atoms with Crippen LogP contribution in [0.4, 0.5) is 0 Å². The lowest BCUT2D eigenvalue weighted by Crippen LogP contribution is -2.68. The van der Waals surface area contributed by atoms with Crippen LogP contribution in [-0.4, -0.2) is 61.4 Å². The van der Waals surface area contributed by atoms with Gasteiger partial charge in [-0.25, -0.2) is 0 Å². The van der Waals surface area contributed by atoms with Crippen LogP contribution in [-0.2, 0) is 9.53 Å². The molecule has 1 saturated carbocycles. The molecule has 0 saturated heterocycles. The SMILES string of the molecule is CCO[C@H]1C[C@](O)(CNC(=O)CN(C)C)C1(C)C. The van der Waals surface area contributed by atoms with E-state index in [2.05, 4.69) is 5.32 Å². The summed E-state index contributed by atoms with van der Waals surface area (Å²) >= 11 is 0. The molecular weight excluding hydrogens is 232 g/mol. The first kappa shape index (κ1) is 15.4. The van der Waals surface area contributed by atoms with Gasteiger partial charge in [0.2, 0.25) is 5.91 Å². The molecule has 0 heterocycles. The van der Waals surface area contributed by atoms with Crippen LogP contribution in [0.25, 0.3) is 0 Å². The maximum absolute atomic E-state index is 11.6. The van der Waals surface area contributed by atoms with Crippen LogP contribution in [0.1, 0.15) is 27.2 Å². The molecule has 1 aliphatic carbocycles. The number of nitrogens with one attached hydrogen (secondary N) is 1. The number of ether oxygens (including phenoxy) is 1. The van der Waals surface area contributed by atoms with Crippen molar-refractivity contribution in [3.05, 3.63) is 0 Å². The minimum atomic E-state index is -0.866. The number of hydrogen-bond acceptors (Lipinski definition) is 4. The van der Waals surface area contributed by atoms with Gasteiger partial charge < -0.3 is 20.1 Å². The Hall–Kier alpha value is -0.650. The lowest BCUT2D eigenvalue weighted by atomic mass is 9.56. The van der Waals surface area contributed by atoms with Crippen molar-refractivity contribution in [3.63, 3.8) is 0 Å². The van der Waals surface area contributed by atoms with E-state index < -0.39 is 5.60 Å². The minimum Gasteiger partial charge on any atom is -0.387 e. The van der Waals surface area contributed by atoms with E-state index >= 15 is 0 Å². The normalized spacial score (nSPS) is 30.1. The van der Waals surface area contributed by atoms with Gasteiger partial charge in [0.1, 0.15) is 0 Å². The number of nitrogens with zero attached hydrogens (tertiary/aromatic N) is 1. The van der Waals surface area contributed by atoms with Crippen LogP contribution in [0.15, 0.2) is 0 Å². The second-order valence-electron chi connectivity index (χ2n) is 5.92. The number of carbonyl (C=O) groups is 1. The summed E-state index contributed by atoms with van der Waals surface area (Å²) in [5.74, 6) is -0.0657. The molecule has 0 aromatic carbocycles. The van der Waals surface area contributed by atoms with E-state index in [1.807, 2.05) is 34.9 Å². The molecule has 5 nitrogen and oxygen atoms in total. The van der Waals surface area contributed by atoms with Crippen molar-refractivity contribution in [2.24, 2.45) is 5.41 Å². The van der Waals surface area contributed by atoms with Crippen molar-refractivity contribution < 1.29 is 14.6 Å². The summed E-state index contributed by atoms with van der Waals surface area (Å²) in [5.41, 5.74) is -1.19. The fourth-order valence-electron chi connectivity index (χ4n) is 2.35. The summed E-state index contributed by atoms with van der Waals surface area (Å²) in [6.45, 7) is 7.19. The number of hydrogen-bond donors (Lipinski definition) is 2. The maximum Gasteiger partial charge on any atom is 0.234 e. The highest BCUT2D eigenvalue weighted by Gasteiger charge is 2.59. The first-order valence-electron chi connectivity index (χ1n) is 6.48. The number of carbonyl (C=O) groups excluding carboxylic acids is 1. The van der Waals surface area contributed by atoms with E-state index in [1.54, 1.807) is 4.90 Å². The van der Waals surface area contributed by atoms with Crippen LogP contribution in [0, 0.1) is 5.41 Å². The topological polar surface area (TPSA) is 61.8 Å². The standard InChI is InChI=1S/C13H26N2O3/c1-6-18-10-7-13(17,12(10,2)3)9-14-11(16)8-15(4)5/h10,17H,6-9H2,1-5H3,(H,14,16)/t10-,13-/m0/s1. The summed E-state index contributed by atoms with van der Waals surface area (Å²) < 4.78 is 5.58. The Bertz CT molecular complexity index is 305. The molecule has 18 heavy (non-hydrogen) atoms. The van der Waals surface area contributed by atoms with Crippen molar-refractivity contribution in [2.45, 2.75) is 38.9 Å². The Morgan fingerprint density at radius 3 is 2.56 bits per heavy atom. The van der Waals surface area contributed by atoms with Crippen LogP contribution < -0.4 is 5.32 Å². The average Bonchev–Trinajstić information content (AvgIpc) is 2.25. The molecule has 0 unspecified atom stereocenters. The van der Waals surface area contributed by atoms with Gasteiger partial charge in [0, 0.05) is 25.0 Å². The second-order valence-corrected chi connectivity index (χ2v) is 5.92. The van der Waals surface area contributed by atoms with Gasteiger partial charge in [0.15, 0.2) is 0 Å². The molecule has 0 spiro atoms. The zero-order chi connectivity index (χ0) is 14.0. The fraction of sp³-hybridized carbons (Fsp3) is 0.923. The second kappa shape index (κ2) is 5.55. The molecule has 0 radical (unpaired) electrons. The molecule has 1 fully saturated rings. The van der Waals surface area contributed by atoms with Gasteiger partial charge in [-0.15, -0.1) is 0 Å². The summed E-state index contributed by atoms with van der Waals surface area (Å²) in [6, 6.07) is 0. The molecule has 0 aromatic heterocycles. The zero-order valence-corrected chi connectivity index (χ0v) is 12.1. The van der Waals surface area contributed by atoms with E-state index in [4.69, 9.17) is 4.74 Å². The summed E-state index contributed by atoms with van der Waals surface area (Å²) in [5, 5.41) is 13.3. The average molecular weight is 258 g/mol. The predicted molar refractivity (Wildman–Crippen MR) is 70.3 cm³/mol. The molecule has 0 aliphatic heterocycles. The van der Waals surface area contributed by atoms with Crippen molar-refractivity contribution in [2.75, 3.05) is 33.8 Å². The van der Waals surface area contributed by atoms with Crippen LogP contribution in [0.5, 0.6) is 0 Å². The number of amides is 1. The van der Waals surface area contributed by atoms with Gasteiger partial charge in [0.25, 0.3) is 0 Å². The number of likely N-dealkylation sites (N-methyl/N-ethyl adjacent to an activating group) is 1. The number of aliphatic hydroxyl groups is 1. The third-order valence-corrected chi connectivity index (χ3v) is 3.93. The van der Waals surface area contributed by atoms with Gasteiger partial charge >= 0.3 is 0 Å². The Kier molecular flexibility index (Phi) is 4.75. The Balaban J connectivity index is 2.45. The van der Waals surface area contributed by atoms with E-state index in [9.17, 15) is 9.90 Å². The highest BCUT2D eigenvalue weighted by atomic mass is 16.5. The zero-order valence-electron chi connectivity index (χ0n) is 12.1. The Labute approximate surface area is 109 Å². The van der Waals surface area contributed by atoms with Crippen LogP contribution in [0.2, 0.25) is 0 Å². The molecule has 0 aromatic rings. The third kappa shape index (κ3) is 3.02. The summed E-state index contributed by atoms with van der Waals surface area (Å²) in [7, 11) is 3.68. The molecule has 2 N–H and O–H groups in total. The van der Waals surface area contributed by atoms with Crippen LogP contribution >= 0.6 is 0 Å². The predicted octanol–water partition coefficient (Wildman–Crippen LogP) is 0.230. The molecule has 1 aliphatic rings. The molecule has 2 atom stereocenters. The largest absolute Gasteiger partial charge is 0.387 e. The van der Waals surface area contributed by atoms with Crippen molar-refractivity contribution in [1.29, 1.82) is 0 Å². The van der Waals surface area contributed by atoms with Gasteiger partial charge in [-0.05, 0) is 21.0 Å². The highest BCUT2D eigenvalue weighted by molar-refractivity contribution is 5.78. The van der Waals surface area contributed by atoms with Crippen molar-refractivity contribution in [3.8, 4) is 0 Å². The van der Waals surface area contributed by atoms with E-state index in [1.165, 1.54) is 0 Å². The smallest absolute Gasteiger partial charge is 0.234 e.